The highest BCUT2D eigenvalue weighted by atomic mass is 16.4. The van der Waals surface area contributed by atoms with E-state index in [9.17, 15) is 0 Å². The molecule has 0 aromatic heterocycles. The van der Waals surface area contributed by atoms with E-state index in [0.717, 1.165) is 12.8 Å². The van der Waals surface area contributed by atoms with Crippen LogP contribution < -0.4 is 5.73 Å². The molecule has 0 fully saturated rings. The molecule has 0 radical (unpaired) electrons. The summed E-state index contributed by atoms with van der Waals surface area (Å²) in [6.45, 7) is 0. The van der Waals surface area contributed by atoms with Crippen LogP contribution in [0, 0.1) is 0 Å². The van der Waals surface area contributed by atoms with Crippen molar-refractivity contribution in [3.05, 3.63) is 71.3 Å². The van der Waals surface area contributed by atoms with Crippen LogP contribution in [-0.4, -0.2) is 11.0 Å². The predicted molar refractivity (Wildman–Crippen MR) is 75.4 cm³/mol. The Bertz CT molecular complexity index is 622. The Kier molecular flexibility index (Phi) is 2.75. The number of rotatable bonds is 3. The predicted octanol–water partition coefficient (Wildman–Crippen LogP) is 2.47. The Hall–Kier alpha value is -2.29. The quantitative estimate of drug-likeness (QED) is 0.381. The number of fused-ring (bicyclic) bond motifs is 1. The van der Waals surface area contributed by atoms with E-state index in [1.807, 2.05) is 30.3 Å². The smallest absolute Gasteiger partial charge is 0.150 e. The van der Waals surface area contributed by atoms with Crippen molar-refractivity contribution in [1.29, 1.82) is 0 Å². The molecule has 0 spiro atoms. The topological polar surface area (TPSA) is 58.6 Å². The molecular formula is C16H16N2O. The first-order valence-electron chi connectivity index (χ1n) is 6.36. The van der Waals surface area contributed by atoms with Crippen molar-refractivity contribution in [1.82, 2.24) is 0 Å². The van der Waals surface area contributed by atoms with Crippen molar-refractivity contribution in [2.75, 3.05) is 0 Å². The van der Waals surface area contributed by atoms with E-state index in [2.05, 4.69) is 29.4 Å². The van der Waals surface area contributed by atoms with Crippen LogP contribution in [0.5, 0.6) is 0 Å². The lowest BCUT2D eigenvalue weighted by molar-refractivity contribution is 0.308. The van der Waals surface area contributed by atoms with Gasteiger partial charge < -0.3 is 10.9 Å². The van der Waals surface area contributed by atoms with E-state index in [4.69, 9.17) is 10.9 Å². The third kappa shape index (κ3) is 1.78. The highest BCUT2D eigenvalue weighted by Crippen LogP contribution is 2.43. The van der Waals surface area contributed by atoms with Crippen LogP contribution in [0.2, 0.25) is 0 Å². The minimum Gasteiger partial charge on any atom is -0.409 e. The van der Waals surface area contributed by atoms with Crippen molar-refractivity contribution in [3.63, 3.8) is 0 Å². The lowest BCUT2D eigenvalue weighted by Crippen LogP contribution is -2.51. The molecule has 96 valence electrons. The molecule has 3 nitrogen and oxygen atoms in total. The van der Waals surface area contributed by atoms with Crippen LogP contribution in [0.3, 0.4) is 0 Å². The van der Waals surface area contributed by atoms with E-state index < -0.39 is 0 Å². The highest BCUT2D eigenvalue weighted by Gasteiger charge is 2.46. The number of amidine groups is 1. The molecule has 1 aliphatic rings. The van der Waals surface area contributed by atoms with Gasteiger partial charge in [0, 0.05) is 0 Å². The zero-order valence-electron chi connectivity index (χ0n) is 10.6. The molecule has 0 aliphatic heterocycles. The van der Waals surface area contributed by atoms with Crippen molar-refractivity contribution < 1.29 is 5.21 Å². The van der Waals surface area contributed by atoms with E-state index in [1.165, 1.54) is 16.7 Å². The first-order chi connectivity index (χ1) is 9.26. The molecule has 3 rings (SSSR count). The summed E-state index contributed by atoms with van der Waals surface area (Å²) in [5, 5.41) is 12.4. The normalized spacial score (nSPS) is 21.6. The fourth-order valence-corrected chi connectivity index (χ4v) is 2.97. The summed E-state index contributed by atoms with van der Waals surface area (Å²) < 4.78 is 0. The Morgan fingerprint density at radius 2 is 1.79 bits per heavy atom. The Balaban J connectivity index is 2.02. The standard InChI is InChI=1S/C16H16N2O/c17-15(18-19)16(10-12-6-2-1-3-7-12)11-13-8-4-5-9-14(13)16/h1-9,19H,10-11H2,(H2,17,18). The molecule has 0 bridgehead atoms. The van der Waals surface area contributed by atoms with Crippen LogP contribution >= 0.6 is 0 Å². The molecule has 3 heteroatoms. The van der Waals surface area contributed by atoms with Gasteiger partial charge in [-0.25, -0.2) is 0 Å². The first kappa shape index (κ1) is 11.8. The number of hydrogen-bond donors (Lipinski definition) is 2. The lowest BCUT2D eigenvalue weighted by atomic mass is 9.60. The number of hydrogen-bond acceptors (Lipinski definition) is 2. The number of nitrogens with zero attached hydrogens (tertiary/aromatic N) is 1. The molecule has 0 amide bonds. The van der Waals surface area contributed by atoms with Gasteiger partial charge in [0.05, 0.1) is 5.41 Å². The second kappa shape index (κ2) is 4.43. The molecule has 0 heterocycles. The fourth-order valence-electron chi connectivity index (χ4n) is 2.97. The Labute approximate surface area is 112 Å². The van der Waals surface area contributed by atoms with Crippen LogP contribution in [0.1, 0.15) is 16.7 Å². The number of nitrogens with two attached hydrogens (primary N) is 1. The van der Waals surface area contributed by atoms with Gasteiger partial charge in [-0.15, -0.1) is 0 Å². The summed E-state index contributed by atoms with van der Waals surface area (Å²) in [6.07, 6.45) is 1.59. The van der Waals surface area contributed by atoms with Gasteiger partial charge in [-0.2, -0.15) is 0 Å². The minimum atomic E-state index is -0.354. The van der Waals surface area contributed by atoms with Crippen molar-refractivity contribution in [2.24, 2.45) is 10.9 Å². The Morgan fingerprint density at radius 3 is 2.47 bits per heavy atom. The molecule has 1 atom stereocenters. The summed E-state index contributed by atoms with van der Waals surface area (Å²) in [5.74, 6) is 0.301. The Morgan fingerprint density at radius 1 is 1.11 bits per heavy atom. The lowest BCUT2D eigenvalue weighted by Gasteiger charge is -2.43. The summed E-state index contributed by atoms with van der Waals surface area (Å²) in [5.41, 5.74) is 9.28. The fraction of sp³-hybridized carbons (Fsp3) is 0.188. The molecule has 2 aromatic rings. The second-order valence-corrected chi connectivity index (χ2v) is 5.06. The summed E-state index contributed by atoms with van der Waals surface area (Å²) >= 11 is 0. The largest absolute Gasteiger partial charge is 0.409 e. The van der Waals surface area contributed by atoms with Gasteiger partial charge in [0.25, 0.3) is 0 Å². The third-order valence-corrected chi connectivity index (χ3v) is 3.97. The number of benzene rings is 2. The van der Waals surface area contributed by atoms with Crippen LogP contribution in [0.4, 0.5) is 0 Å². The third-order valence-electron chi connectivity index (χ3n) is 3.97. The average molecular weight is 252 g/mol. The monoisotopic (exact) mass is 252 g/mol. The van der Waals surface area contributed by atoms with Gasteiger partial charge in [0.15, 0.2) is 5.84 Å². The molecule has 3 N–H and O–H groups in total. The molecule has 1 aliphatic carbocycles. The van der Waals surface area contributed by atoms with Gasteiger partial charge in [-0.1, -0.05) is 59.8 Å². The van der Waals surface area contributed by atoms with Crippen LogP contribution in [0.25, 0.3) is 0 Å². The SMILES string of the molecule is NC(=NO)C1(Cc2ccccc2)Cc2ccccc21. The van der Waals surface area contributed by atoms with Gasteiger partial charge in [-0.05, 0) is 29.5 Å². The average Bonchev–Trinajstić information content (AvgIpc) is 2.45. The van der Waals surface area contributed by atoms with Crippen molar-refractivity contribution in [3.8, 4) is 0 Å². The molecule has 2 aromatic carbocycles. The zero-order valence-corrected chi connectivity index (χ0v) is 10.6. The van der Waals surface area contributed by atoms with Gasteiger partial charge in [0.2, 0.25) is 0 Å². The summed E-state index contributed by atoms with van der Waals surface area (Å²) in [7, 11) is 0. The zero-order chi connectivity index (χ0) is 13.3. The maximum Gasteiger partial charge on any atom is 0.150 e. The molecule has 19 heavy (non-hydrogen) atoms. The minimum absolute atomic E-state index is 0.301. The van der Waals surface area contributed by atoms with Gasteiger partial charge in [-0.3, -0.25) is 0 Å². The van der Waals surface area contributed by atoms with Crippen LogP contribution in [-0.2, 0) is 18.3 Å². The van der Waals surface area contributed by atoms with Gasteiger partial charge >= 0.3 is 0 Å². The summed E-state index contributed by atoms with van der Waals surface area (Å²) in [4.78, 5) is 0. The molecule has 0 saturated heterocycles. The number of oxime groups is 1. The second-order valence-electron chi connectivity index (χ2n) is 5.06. The highest BCUT2D eigenvalue weighted by molar-refractivity contribution is 5.94. The van der Waals surface area contributed by atoms with Crippen molar-refractivity contribution >= 4 is 5.84 Å². The molecular weight excluding hydrogens is 236 g/mol. The van der Waals surface area contributed by atoms with Crippen LogP contribution in [0.15, 0.2) is 59.8 Å². The van der Waals surface area contributed by atoms with E-state index >= 15 is 0 Å². The van der Waals surface area contributed by atoms with E-state index in [-0.39, 0.29) is 5.41 Å². The maximum atomic E-state index is 9.10. The van der Waals surface area contributed by atoms with Crippen molar-refractivity contribution in [2.45, 2.75) is 18.3 Å². The van der Waals surface area contributed by atoms with E-state index in [1.54, 1.807) is 0 Å². The first-order valence-corrected chi connectivity index (χ1v) is 6.36. The van der Waals surface area contributed by atoms with Gasteiger partial charge in [0.1, 0.15) is 0 Å². The molecule has 0 saturated carbocycles. The maximum absolute atomic E-state index is 9.10. The summed E-state index contributed by atoms with van der Waals surface area (Å²) in [6, 6.07) is 18.4. The molecule has 1 unspecified atom stereocenters. The van der Waals surface area contributed by atoms with E-state index in [0.29, 0.717) is 5.84 Å².